The molecule has 0 aliphatic heterocycles. The predicted octanol–water partition coefficient (Wildman–Crippen LogP) is 4.16. The maximum atomic E-state index is 13.3. The lowest BCUT2D eigenvalue weighted by atomic mass is 10.2. The van der Waals surface area contributed by atoms with Crippen molar-refractivity contribution < 1.29 is 13.2 Å². The van der Waals surface area contributed by atoms with Gasteiger partial charge < -0.3 is 5.32 Å². The van der Waals surface area contributed by atoms with Crippen molar-refractivity contribution in [2.75, 3.05) is 6.54 Å². The number of hydrogen-bond donors (Lipinski definition) is 1. The number of amides is 1. The van der Waals surface area contributed by atoms with Gasteiger partial charge in [0.1, 0.15) is 0 Å². The molecule has 0 spiro atoms. The highest BCUT2D eigenvalue weighted by Gasteiger charge is 2.27. The smallest absolute Gasteiger partial charge is 0.243 e. The van der Waals surface area contributed by atoms with Crippen molar-refractivity contribution in [3.63, 3.8) is 0 Å². The molecule has 156 valence electrons. The molecule has 0 saturated heterocycles. The molecule has 0 atom stereocenters. The van der Waals surface area contributed by atoms with Crippen molar-refractivity contribution >= 4 is 27.5 Å². The first-order chi connectivity index (χ1) is 14.4. The van der Waals surface area contributed by atoms with E-state index in [1.54, 1.807) is 48.5 Å². The summed E-state index contributed by atoms with van der Waals surface area (Å²) in [6.45, 7) is 1.89. The van der Waals surface area contributed by atoms with Gasteiger partial charge in [-0.15, -0.1) is 0 Å². The summed E-state index contributed by atoms with van der Waals surface area (Å²) in [6, 6.07) is 23.0. The number of carbonyl (C=O) groups is 1. The lowest BCUT2D eigenvalue weighted by Gasteiger charge is -2.22. The molecule has 0 heterocycles. The summed E-state index contributed by atoms with van der Waals surface area (Å²) < 4.78 is 27.7. The summed E-state index contributed by atoms with van der Waals surface area (Å²) in [7, 11) is -3.90. The van der Waals surface area contributed by atoms with Crippen LogP contribution in [0, 0.1) is 6.92 Å². The number of nitrogens with zero attached hydrogens (tertiary/aromatic N) is 1. The first-order valence-corrected chi connectivity index (χ1v) is 11.3. The molecule has 3 aromatic carbocycles. The second-order valence-electron chi connectivity index (χ2n) is 6.94. The van der Waals surface area contributed by atoms with Crippen LogP contribution in [-0.4, -0.2) is 25.2 Å². The van der Waals surface area contributed by atoms with Gasteiger partial charge in [-0.25, -0.2) is 8.42 Å². The molecule has 0 saturated carbocycles. The Balaban J connectivity index is 1.82. The van der Waals surface area contributed by atoms with Crippen LogP contribution in [0.3, 0.4) is 0 Å². The van der Waals surface area contributed by atoms with Gasteiger partial charge in [0.05, 0.1) is 11.4 Å². The molecular formula is C23H23ClN2O3S. The normalized spacial score (nSPS) is 11.4. The summed E-state index contributed by atoms with van der Waals surface area (Å²) >= 11 is 6.24. The van der Waals surface area contributed by atoms with Gasteiger partial charge in [-0.05, 0) is 36.2 Å². The minimum absolute atomic E-state index is 0.00532. The van der Waals surface area contributed by atoms with Crippen molar-refractivity contribution in [2.45, 2.75) is 24.9 Å². The Kier molecular flexibility index (Phi) is 7.26. The topological polar surface area (TPSA) is 66.5 Å². The Morgan fingerprint density at radius 1 is 0.933 bits per heavy atom. The van der Waals surface area contributed by atoms with E-state index in [4.69, 9.17) is 11.6 Å². The van der Waals surface area contributed by atoms with E-state index in [0.717, 1.165) is 15.4 Å². The molecule has 7 heteroatoms. The predicted molar refractivity (Wildman–Crippen MR) is 119 cm³/mol. The maximum Gasteiger partial charge on any atom is 0.243 e. The molecule has 3 aromatic rings. The molecule has 0 aromatic heterocycles. The van der Waals surface area contributed by atoms with Crippen LogP contribution >= 0.6 is 11.6 Å². The summed E-state index contributed by atoms with van der Waals surface area (Å²) in [6.07, 6.45) is 0. The van der Waals surface area contributed by atoms with Gasteiger partial charge in [0.25, 0.3) is 0 Å². The Morgan fingerprint density at radius 2 is 1.57 bits per heavy atom. The SMILES string of the molecule is Cc1ccc(S(=O)(=O)N(CC(=O)NCc2ccccc2)Cc2ccccc2Cl)cc1. The van der Waals surface area contributed by atoms with E-state index < -0.39 is 10.0 Å². The van der Waals surface area contributed by atoms with Crippen LogP contribution in [0.2, 0.25) is 5.02 Å². The van der Waals surface area contributed by atoms with Crippen LogP contribution in [0.4, 0.5) is 0 Å². The quantitative estimate of drug-likeness (QED) is 0.569. The Hall–Kier alpha value is -2.67. The molecule has 0 aliphatic carbocycles. The first kappa shape index (κ1) is 22.0. The first-order valence-electron chi connectivity index (χ1n) is 9.47. The molecule has 3 rings (SSSR count). The number of benzene rings is 3. The molecule has 0 fully saturated rings. The fourth-order valence-electron chi connectivity index (χ4n) is 2.91. The zero-order valence-corrected chi connectivity index (χ0v) is 18.2. The third kappa shape index (κ3) is 5.69. The van der Waals surface area contributed by atoms with E-state index in [1.165, 1.54) is 0 Å². The second kappa shape index (κ2) is 9.89. The molecule has 1 N–H and O–H groups in total. The lowest BCUT2D eigenvalue weighted by molar-refractivity contribution is -0.121. The maximum absolute atomic E-state index is 13.3. The summed E-state index contributed by atoms with van der Waals surface area (Å²) in [4.78, 5) is 12.7. The average Bonchev–Trinajstić information content (AvgIpc) is 2.74. The van der Waals surface area contributed by atoms with Gasteiger partial charge in [-0.3, -0.25) is 4.79 Å². The van der Waals surface area contributed by atoms with Crippen LogP contribution in [0.15, 0.2) is 83.8 Å². The van der Waals surface area contributed by atoms with Crippen LogP contribution in [0.25, 0.3) is 0 Å². The highest BCUT2D eigenvalue weighted by atomic mass is 35.5. The zero-order chi connectivity index (χ0) is 21.6. The number of sulfonamides is 1. The molecule has 0 radical (unpaired) electrons. The van der Waals surface area contributed by atoms with Gasteiger partial charge in [-0.1, -0.05) is 77.8 Å². The number of hydrogen-bond acceptors (Lipinski definition) is 3. The molecule has 5 nitrogen and oxygen atoms in total. The number of carbonyl (C=O) groups excluding carboxylic acids is 1. The number of nitrogens with one attached hydrogen (secondary N) is 1. The molecule has 0 unspecified atom stereocenters. The van der Waals surface area contributed by atoms with Crippen LogP contribution < -0.4 is 5.32 Å². The molecular weight excluding hydrogens is 420 g/mol. The van der Waals surface area contributed by atoms with Crippen molar-refractivity contribution in [1.29, 1.82) is 0 Å². The fraction of sp³-hybridized carbons (Fsp3) is 0.174. The zero-order valence-electron chi connectivity index (χ0n) is 16.6. The van der Waals surface area contributed by atoms with Crippen molar-refractivity contribution in [1.82, 2.24) is 9.62 Å². The van der Waals surface area contributed by atoms with Crippen molar-refractivity contribution in [3.8, 4) is 0 Å². The van der Waals surface area contributed by atoms with Crippen molar-refractivity contribution in [3.05, 3.63) is 101 Å². The number of halogens is 1. The van der Waals surface area contributed by atoms with Gasteiger partial charge in [0, 0.05) is 18.1 Å². The molecule has 1 amide bonds. The van der Waals surface area contributed by atoms with Crippen molar-refractivity contribution in [2.24, 2.45) is 0 Å². The molecule has 0 bridgehead atoms. The summed E-state index contributed by atoms with van der Waals surface area (Å²) in [5.41, 5.74) is 2.52. The van der Waals surface area contributed by atoms with E-state index in [1.807, 2.05) is 37.3 Å². The third-order valence-electron chi connectivity index (χ3n) is 4.62. The molecule has 30 heavy (non-hydrogen) atoms. The largest absolute Gasteiger partial charge is 0.351 e. The van der Waals surface area contributed by atoms with E-state index in [-0.39, 0.29) is 23.9 Å². The highest BCUT2D eigenvalue weighted by Crippen LogP contribution is 2.22. The van der Waals surface area contributed by atoms with Gasteiger partial charge >= 0.3 is 0 Å². The highest BCUT2D eigenvalue weighted by molar-refractivity contribution is 7.89. The van der Waals surface area contributed by atoms with E-state index in [0.29, 0.717) is 17.1 Å². The monoisotopic (exact) mass is 442 g/mol. The van der Waals surface area contributed by atoms with Crippen LogP contribution in [-0.2, 0) is 27.9 Å². The minimum atomic E-state index is -3.90. The lowest BCUT2D eigenvalue weighted by Crippen LogP contribution is -2.40. The van der Waals surface area contributed by atoms with E-state index in [2.05, 4.69) is 5.32 Å². The second-order valence-corrected chi connectivity index (χ2v) is 9.29. The number of aryl methyl sites for hydroxylation is 1. The summed E-state index contributed by atoms with van der Waals surface area (Å²) in [5.74, 6) is -0.387. The summed E-state index contributed by atoms with van der Waals surface area (Å²) in [5, 5.41) is 3.23. The average molecular weight is 443 g/mol. The fourth-order valence-corrected chi connectivity index (χ4v) is 4.48. The van der Waals surface area contributed by atoms with E-state index >= 15 is 0 Å². The Bertz CT molecular complexity index is 1100. The molecule has 0 aliphatic rings. The van der Waals surface area contributed by atoms with Gasteiger partial charge in [-0.2, -0.15) is 4.31 Å². The third-order valence-corrected chi connectivity index (χ3v) is 6.79. The Labute approximate surface area is 182 Å². The van der Waals surface area contributed by atoms with Crippen LogP contribution in [0.1, 0.15) is 16.7 Å². The Morgan fingerprint density at radius 3 is 2.23 bits per heavy atom. The van der Waals surface area contributed by atoms with Gasteiger partial charge in [0.15, 0.2) is 0 Å². The standard InChI is InChI=1S/C23H23ClN2O3S/c1-18-11-13-21(14-12-18)30(28,29)26(16-20-9-5-6-10-22(20)24)17-23(27)25-15-19-7-3-2-4-8-19/h2-14H,15-17H2,1H3,(H,25,27). The van der Waals surface area contributed by atoms with E-state index in [9.17, 15) is 13.2 Å². The van der Waals surface area contributed by atoms with Gasteiger partial charge in [0.2, 0.25) is 15.9 Å². The number of rotatable bonds is 8. The van der Waals surface area contributed by atoms with Crippen LogP contribution in [0.5, 0.6) is 0 Å². The minimum Gasteiger partial charge on any atom is -0.351 e.